The van der Waals surface area contributed by atoms with Crippen molar-refractivity contribution in [3.8, 4) is 5.75 Å². The van der Waals surface area contributed by atoms with Crippen molar-refractivity contribution < 1.29 is 14.7 Å². The maximum absolute atomic E-state index is 12.3. The summed E-state index contributed by atoms with van der Waals surface area (Å²) in [5.41, 5.74) is 5.25. The molecule has 2 amide bonds. The molecule has 0 atom stereocenters. The molecule has 3 N–H and O–H groups in total. The number of amides is 2. The van der Waals surface area contributed by atoms with Crippen molar-refractivity contribution in [1.82, 2.24) is 5.43 Å². The van der Waals surface area contributed by atoms with Crippen LogP contribution in [0.15, 0.2) is 77.9 Å². The van der Waals surface area contributed by atoms with Gasteiger partial charge in [-0.1, -0.05) is 23.7 Å². The number of hydrogen-bond acceptors (Lipinski definition) is 4. The van der Waals surface area contributed by atoms with Crippen molar-refractivity contribution in [3.05, 3.63) is 94.5 Å². The molecule has 0 aromatic heterocycles. The molecular weight excluding hydrogens is 390 g/mol. The highest BCUT2D eigenvalue weighted by molar-refractivity contribution is 6.30. The lowest BCUT2D eigenvalue weighted by atomic mass is 10.1. The summed E-state index contributed by atoms with van der Waals surface area (Å²) in [6, 6.07) is 19.6. The summed E-state index contributed by atoms with van der Waals surface area (Å²) in [6.07, 6.45) is 0. The van der Waals surface area contributed by atoms with Crippen LogP contribution in [0, 0.1) is 0 Å². The van der Waals surface area contributed by atoms with E-state index in [1.807, 2.05) is 6.07 Å². The average Bonchev–Trinajstić information content (AvgIpc) is 2.73. The van der Waals surface area contributed by atoms with E-state index in [2.05, 4.69) is 15.8 Å². The minimum Gasteiger partial charge on any atom is -0.508 e. The van der Waals surface area contributed by atoms with Gasteiger partial charge in [0.15, 0.2) is 0 Å². The van der Waals surface area contributed by atoms with Crippen molar-refractivity contribution in [1.29, 1.82) is 0 Å². The van der Waals surface area contributed by atoms with Crippen molar-refractivity contribution in [2.45, 2.75) is 6.92 Å². The molecule has 7 heteroatoms. The maximum atomic E-state index is 12.3. The Morgan fingerprint density at radius 3 is 2.17 bits per heavy atom. The van der Waals surface area contributed by atoms with Gasteiger partial charge in [-0.2, -0.15) is 5.10 Å². The van der Waals surface area contributed by atoms with Crippen LogP contribution in [0.5, 0.6) is 5.75 Å². The van der Waals surface area contributed by atoms with Crippen LogP contribution in [0.2, 0.25) is 5.02 Å². The van der Waals surface area contributed by atoms with Crippen LogP contribution in [0.3, 0.4) is 0 Å². The Bertz CT molecular complexity index is 1060. The first kappa shape index (κ1) is 20.1. The monoisotopic (exact) mass is 407 g/mol. The molecule has 0 unspecified atom stereocenters. The van der Waals surface area contributed by atoms with E-state index in [1.165, 1.54) is 24.3 Å². The van der Waals surface area contributed by atoms with E-state index in [0.29, 0.717) is 27.5 Å². The Morgan fingerprint density at radius 2 is 1.48 bits per heavy atom. The summed E-state index contributed by atoms with van der Waals surface area (Å²) in [5.74, 6) is -0.565. The van der Waals surface area contributed by atoms with Gasteiger partial charge in [-0.3, -0.25) is 9.59 Å². The molecule has 3 aromatic carbocycles. The third-order valence-electron chi connectivity index (χ3n) is 4.10. The van der Waals surface area contributed by atoms with Crippen LogP contribution in [-0.2, 0) is 0 Å². The van der Waals surface area contributed by atoms with E-state index in [1.54, 1.807) is 49.4 Å². The topological polar surface area (TPSA) is 90.8 Å². The molecule has 0 fully saturated rings. The number of phenols is 1. The van der Waals surface area contributed by atoms with Gasteiger partial charge in [-0.25, -0.2) is 5.43 Å². The summed E-state index contributed by atoms with van der Waals surface area (Å²) in [6.45, 7) is 1.75. The summed E-state index contributed by atoms with van der Waals surface area (Å²) in [4.78, 5) is 24.5. The number of rotatable bonds is 5. The Hall–Kier alpha value is -3.64. The zero-order valence-corrected chi connectivity index (χ0v) is 16.3. The normalized spacial score (nSPS) is 11.0. The Kier molecular flexibility index (Phi) is 6.26. The van der Waals surface area contributed by atoms with E-state index in [-0.39, 0.29) is 11.7 Å². The SMILES string of the molecule is C/C(=N\NC(=O)c1ccc(O)cc1)c1cccc(NC(=O)c2ccc(Cl)cc2)c1. The number of carbonyl (C=O) groups excluding carboxylic acids is 2. The van der Waals surface area contributed by atoms with Gasteiger partial charge < -0.3 is 10.4 Å². The maximum Gasteiger partial charge on any atom is 0.271 e. The predicted molar refractivity (Wildman–Crippen MR) is 114 cm³/mol. The summed E-state index contributed by atoms with van der Waals surface area (Å²) in [5, 5.41) is 16.8. The van der Waals surface area contributed by atoms with Gasteiger partial charge in [0.05, 0.1) is 5.71 Å². The molecule has 0 spiro atoms. The highest BCUT2D eigenvalue weighted by atomic mass is 35.5. The van der Waals surface area contributed by atoms with Crippen molar-refractivity contribution in [2.24, 2.45) is 5.10 Å². The number of hydrazone groups is 1. The van der Waals surface area contributed by atoms with E-state index in [4.69, 9.17) is 11.6 Å². The molecule has 0 aliphatic rings. The van der Waals surface area contributed by atoms with Crippen LogP contribution in [0.25, 0.3) is 0 Å². The molecule has 0 aliphatic carbocycles. The molecule has 0 bridgehead atoms. The standard InChI is InChI=1S/C22H18ClN3O3/c1-14(25-26-22(29)16-7-11-20(27)12-8-16)17-3-2-4-19(13-17)24-21(28)15-5-9-18(23)10-6-15/h2-13,27H,1H3,(H,24,28)(H,26,29)/b25-14+. The van der Waals surface area contributed by atoms with E-state index < -0.39 is 5.91 Å². The van der Waals surface area contributed by atoms with Crippen molar-refractivity contribution in [3.63, 3.8) is 0 Å². The molecule has 3 aromatic rings. The van der Waals surface area contributed by atoms with E-state index >= 15 is 0 Å². The summed E-state index contributed by atoms with van der Waals surface area (Å²) >= 11 is 5.84. The second kappa shape index (κ2) is 9.03. The molecule has 3 rings (SSSR count). The Morgan fingerprint density at radius 1 is 0.862 bits per heavy atom. The summed E-state index contributed by atoms with van der Waals surface area (Å²) < 4.78 is 0. The number of halogens is 1. The van der Waals surface area contributed by atoms with E-state index in [0.717, 1.165) is 5.56 Å². The number of benzene rings is 3. The molecule has 0 saturated carbocycles. The van der Waals surface area contributed by atoms with Crippen LogP contribution >= 0.6 is 11.6 Å². The fraction of sp³-hybridized carbons (Fsp3) is 0.0455. The molecule has 6 nitrogen and oxygen atoms in total. The average molecular weight is 408 g/mol. The van der Waals surface area contributed by atoms with Gasteiger partial charge in [-0.15, -0.1) is 0 Å². The minimum atomic E-state index is -0.392. The smallest absolute Gasteiger partial charge is 0.271 e. The lowest BCUT2D eigenvalue weighted by molar-refractivity contribution is 0.0954. The fourth-order valence-corrected chi connectivity index (χ4v) is 2.63. The van der Waals surface area contributed by atoms with Gasteiger partial charge in [0.25, 0.3) is 11.8 Å². The Labute approximate surface area is 172 Å². The molecule has 0 radical (unpaired) electrons. The number of carbonyl (C=O) groups is 2. The van der Waals surface area contributed by atoms with Gasteiger partial charge >= 0.3 is 0 Å². The molecule has 146 valence electrons. The first-order valence-electron chi connectivity index (χ1n) is 8.73. The molecule has 0 aliphatic heterocycles. The van der Waals surface area contributed by atoms with Gasteiger partial charge in [0.2, 0.25) is 0 Å². The zero-order valence-electron chi connectivity index (χ0n) is 15.5. The van der Waals surface area contributed by atoms with Crippen LogP contribution in [0.1, 0.15) is 33.2 Å². The predicted octanol–water partition coefficient (Wildman–Crippen LogP) is 4.45. The number of phenolic OH excluding ortho intramolecular Hbond substituents is 1. The van der Waals surface area contributed by atoms with Crippen LogP contribution in [-0.4, -0.2) is 22.6 Å². The number of aromatic hydroxyl groups is 1. The van der Waals surface area contributed by atoms with Gasteiger partial charge in [-0.05, 0) is 73.2 Å². The number of nitrogens with zero attached hydrogens (tertiary/aromatic N) is 1. The van der Waals surface area contributed by atoms with Crippen molar-refractivity contribution in [2.75, 3.05) is 5.32 Å². The first-order chi connectivity index (χ1) is 13.9. The fourth-order valence-electron chi connectivity index (χ4n) is 2.50. The highest BCUT2D eigenvalue weighted by Crippen LogP contribution is 2.15. The number of nitrogens with one attached hydrogen (secondary N) is 2. The highest BCUT2D eigenvalue weighted by Gasteiger charge is 2.08. The summed E-state index contributed by atoms with van der Waals surface area (Å²) in [7, 11) is 0. The second-order valence-corrected chi connectivity index (χ2v) is 6.66. The third kappa shape index (κ3) is 5.43. The number of anilines is 1. The molecule has 29 heavy (non-hydrogen) atoms. The zero-order chi connectivity index (χ0) is 20.8. The first-order valence-corrected chi connectivity index (χ1v) is 9.11. The van der Waals surface area contributed by atoms with Crippen LogP contribution in [0.4, 0.5) is 5.69 Å². The largest absolute Gasteiger partial charge is 0.508 e. The van der Waals surface area contributed by atoms with E-state index in [9.17, 15) is 14.7 Å². The van der Waals surface area contributed by atoms with Crippen molar-refractivity contribution >= 4 is 34.8 Å². The van der Waals surface area contributed by atoms with Gasteiger partial charge in [0, 0.05) is 21.8 Å². The lowest BCUT2D eigenvalue weighted by Gasteiger charge is -2.08. The molecule has 0 heterocycles. The molecule has 0 saturated heterocycles. The van der Waals surface area contributed by atoms with Gasteiger partial charge in [0.1, 0.15) is 5.75 Å². The molecular formula is C22H18ClN3O3. The quantitative estimate of drug-likeness (QED) is 0.431. The lowest BCUT2D eigenvalue weighted by Crippen LogP contribution is -2.19. The number of hydrogen-bond donors (Lipinski definition) is 3. The Balaban J connectivity index is 1.68. The van der Waals surface area contributed by atoms with Crippen LogP contribution < -0.4 is 10.7 Å². The second-order valence-electron chi connectivity index (χ2n) is 6.23. The third-order valence-corrected chi connectivity index (χ3v) is 4.35. The minimum absolute atomic E-state index is 0.0821.